The number of aryl methyl sites for hydroxylation is 2. The van der Waals surface area contributed by atoms with Crippen molar-refractivity contribution in [2.75, 3.05) is 30.9 Å². The van der Waals surface area contributed by atoms with Crippen LogP contribution < -0.4 is 10.2 Å². The van der Waals surface area contributed by atoms with E-state index in [0.717, 1.165) is 32.2 Å². The van der Waals surface area contributed by atoms with Crippen molar-refractivity contribution in [3.05, 3.63) is 33.8 Å². The second-order valence-corrected chi connectivity index (χ2v) is 9.65. The number of rotatable bonds is 4. The largest absolute Gasteiger partial charge is 0.344 e. The Morgan fingerprint density at radius 3 is 2.70 bits per heavy atom. The van der Waals surface area contributed by atoms with Gasteiger partial charge < -0.3 is 15.1 Å². The molecule has 0 radical (unpaired) electrons. The van der Waals surface area contributed by atoms with E-state index in [1.54, 1.807) is 37.3 Å². The molecule has 2 aromatic heterocycles. The topological polar surface area (TPSA) is 95.5 Å². The Bertz CT molecular complexity index is 1170. The van der Waals surface area contributed by atoms with E-state index in [0.29, 0.717) is 22.2 Å². The van der Waals surface area contributed by atoms with Crippen LogP contribution in [0.15, 0.2) is 18.2 Å². The van der Waals surface area contributed by atoms with Gasteiger partial charge in [-0.15, -0.1) is 11.3 Å². The van der Waals surface area contributed by atoms with Crippen molar-refractivity contribution in [3.63, 3.8) is 0 Å². The first kappa shape index (κ1) is 20.4. The van der Waals surface area contributed by atoms with Gasteiger partial charge in [-0.2, -0.15) is 0 Å². The molecule has 0 bridgehead atoms. The summed E-state index contributed by atoms with van der Waals surface area (Å²) in [4.78, 5) is 49.9. The van der Waals surface area contributed by atoms with Crippen molar-refractivity contribution in [3.8, 4) is 0 Å². The lowest BCUT2D eigenvalue weighted by atomic mass is 10.1. The smallest absolute Gasteiger partial charge is 0.265 e. The van der Waals surface area contributed by atoms with Crippen LogP contribution >= 0.6 is 22.7 Å². The molecule has 8 nitrogen and oxygen atoms in total. The van der Waals surface area contributed by atoms with Crippen molar-refractivity contribution in [2.24, 2.45) is 5.92 Å². The summed E-state index contributed by atoms with van der Waals surface area (Å²) in [6.07, 6.45) is 0.133. The van der Waals surface area contributed by atoms with Crippen molar-refractivity contribution in [1.82, 2.24) is 14.9 Å². The molecule has 0 aliphatic carbocycles. The SMILES string of the molecule is Cc1nc2cc(N3CC(C(=O)Nc4nc(C)c(C(=O)N(C)C)s4)CC3=O)ccc2s1. The molecule has 4 rings (SSSR count). The Balaban J connectivity index is 1.47. The van der Waals surface area contributed by atoms with E-state index in [9.17, 15) is 14.4 Å². The van der Waals surface area contributed by atoms with Gasteiger partial charge in [0, 0.05) is 32.7 Å². The lowest BCUT2D eigenvalue weighted by Gasteiger charge is -2.16. The van der Waals surface area contributed by atoms with E-state index in [2.05, 4.69) is 15.3 Å². The molecule has 3 heterocycles. The van der Waals surface area contributed by atoms with Crippen LogP contribution in [0.1, 0.15) is 26.8 Å². The van der Waals surface area contributed by atoms with E-state index >= 15 is 0 Å². The molecule has 1 fully saturated rings. The summed E-state index contributed by atoms with van der Waals surface area (Å²) >= 11 is 2.75. The maximum absolute atomic E-state index is 12.7. The van der Waals surface area contributed by atoms with E-state index < -0.39 is 5.92 Å². The number of aromatic nitrogens is 2. The van der Waals surface area contributed by atoms with Crippen molar-refractivity contribution in [1.29, 1.82) is 0 Å². The zero-order valence-electron chi connectivity index (χ0n) is 17.1. The van der Waals surface area contributed by atoms with Gasteiger partial charge in [-0.05, 0) is 32.0 Å². The van der Waals surface area contributed by atoms with Gasteiger partial charge in [-0.25, -0.2) is 9.97 Å². The lowest BCUT2D eigenvalue weighted by molar-refractivity contribution is -0.122. The second kappa shape index (κ2) is 7.77. The number of thiazole rings is 2. The molecule has 1 saturated heterocycles. The number of nitrogens with zero attached hydrogens (tertiary/aromatic N) is 4. The average Bonchev–Trinajstić information content (AvgIpc) is 3.36. The van der Waals surface area contributed by atoms with Crippen LogP contribution in [0.25, 0.3) is 10.2 Å². The quantitative estimate of drug-likeness (QED) is 0.669. The summed E-state index contributed by atoms with van der Waals surface area (Å²) in [6, 6.07) is 5.74. The summed E-state index contributed by atoms with van der Waals surface area (Å²) in [6.45, 7) is 3.98. The van der Waals surface area contributed by atoms with E-state index in [1.807, 2.05) is 25.1 Å². The summed E-state index contributed by atoms with van der Waals surface area (Å²) in [5.74, 6) is -1.00. The molecule has 1 aliphatic heterocycles. The standard InChI is InChI=1S/C20H21N5O3S2/c1-10-17(19(28)24(3)4)30-20(21-10)23-18(27)12-7-16(26)25(9-12)13-5-6-15-14(8-13)22-11(2)29-15/h5-6,8,12H,7,9H2,1-4H3,(H,21,23,27). The van der Waals surface area contributed by atoms with Gasteiger partial charge in [0.25, 0.3) is 5.91 Å². The lowest BCUT2D eigenvalue weighted by Crippen LogP contribution is -2.28. The average molecular weight is 444 g/mol. The van der Waals surface area contributed by atoms with Gasteiger partial charge in [0.15, 0.2) is 5.13 Å². The van der Waals surface area contributed by atoms with Crippen LogP contribution in [-0.4, -0.2) is 53.2 Å². The molecule has 30 heavy (non-hydrogen) atoms. The fourth-order valence-electron chi connectivity index (χ4n) is 3.39. The monoisotopic (exact) mass is 443 g/mol. The number of nitrogens with one attached hydrogen (secondary N) is 1. The number of anilines is 2. The molecule has 1 atom stereocenters. The summed E-state index contributed by atoms with van der Waals surface area (Å²) in [5.41, 5.74) is 2.18. The highest BCUT2D eigenvalue weighted by molar-refractivity contribution is 7.18. The highest BCUT2D eigenvalue weighted by atomic mass is 32.1. The third-order valence-corrected chi connectivity index (χ3v) is 6.93. The molecule has 3 aromatic rings. The van der Waals surface area contributed by atoms with Crippen LogP contribution in [0.3, 0.4) is 0 Å². The molecule has 1 N–H and O–H groups in total. The van der Waals surface area contributed by atoms with Gasteiger partial charge in [0.05, 0.1) is 26.8 Å². The van der Waals surface area contributed by atoms with Crippen molar-refractivity contribution in [2.45, 2.75) is 20.3 Å². The molecule has 10 heteroatoms. The molecule has 1 unspecified atom stereocenters. The van der Waals surface area contributed by atoms with Gasteiger partial charge >= 0.3 is 0 Å². The number of hydrogen-bond donors (Lipinski definition) is 1. The van der Waals surface area contributed by atoms with Crippen LogP contribution in [0.2, 0.25) is 0 Å². The number of benzene rings is 1. The Kier molecular flexibility index (Phi) is 5.29. The third kappa shape index (κ3) is 3.80. The van der Waals surface area contributed by atoms with E-state index in [1.165, 1.54) is 4.90 Å². The van der Waals surface area contributed by atoms with E-state index in [-0.39, 0.29) is 24.1 Å². The Morgan fingerprint density at radius 2 is 1.97 bits per heavy atom. The molecule has 1 aliphatic rings. The number of amides is 3. The van der Waals surface area contributed by atoms with Crippen molar-refractivity contribution < 1.29 is 14.4 Å². The molecular weight excluding hydrogens is 422 g/mol. The molecule has 0 saturated carbocycles. The summed E-state index contributed by atoms with van der Waals surface area (Å²) in [7, 11) is 3.34. The Hall–Kier alpha value is -2.85. The maximum Gasteiger partial charge on any atom is 0.265 e. The van der Waals surface area contributed by atoms with E-state index in [4.69, 9.17) is 0 Å². The minimum Gasteiger partial charge on any atom is -0.344 e. The van der Waals surface area contributed by atoms with Crippen molar-refractivity contribution >= 4 is 61.4 Å². The number of carbonyl (C=O) groups is 3. The zero-order chi connectivity index (χ0) is 21.6. The van der Waals surface area contributed by atoms with Gasteiger partial charge in [-0.3, -0.25) is 14.4 Å². The number of fused-ring (bicyclic) bond motifs is 1. The number of hydrogen-bond acceptors (Lipinski definition) is 7. The van der Waals surface area contributed by atoms with Gasteiger partial charge in [-0.1, -0.05) is 11.3 Å². The molecule has 0 spiro atoms. The number of carbonyl (C=O) groups excluding carboxylic acids is 3. The van der Waals surface area contributed by atoms with Crippen LogP contribution in [-0.2, 0) is 9.59 Å². The van der Waals surface area contributed by atoms with Gasteiger partial charge in [0.2, 0.25) is 11.8 Å². The highest BCUT2D eigenvalue weighted by Gasteiger charge is 2.35. The maximum atomic E-state index is 12.7. The fourth-order valence-corrected chi connectivity index (χ4v) is 5.19. The molecular formula is C20H21N5O3S2. The minimum absolute atomic E-state index is 0.0970. The summed E-state index contributed by atoms with van der Waals surface area (Å²) < 4.78 is 1.07. The van der Waals surface area contributed by atoms with Crippen LogP contribution in [0.4, 0.5) is 10.8 Å². The predicted molar refractivity (Wildman–Crippen MR) is 118 cm³/mol. The summed E-state index contributed by atoms with van der Waals surface area (Å²) in [5, 5.41) is 4.11. The highest BCUT2D eigenvalue weighted by Crippen LogP contribution is 2.31. The normalized spacial score (nSPS) is 16.3. The predicted octanol–water partition coefficient (Wildman–Crippen LogP) is 3.06. The first-order valence-electron chi connectivity index (χ1n) is 9.40. The zero-order valence-corrected chi connectivity index (χ0v) is 18.7. The van der Waals surface area contributed by atoms with Gasteiger partial charge in [0.1, 0.15) is 4.88 Å². The van der Waals surface area contributed by atoms with Crippen LogP contribution in [0, 0.1) is 19.8 Å². The minimum atomic E-state index is -0.484. The fraction of sp³-hybridized carbons (Fsp3) is 0.350. The Morgan fingerprint density at radius 1 is 1.20 bits per heavy atom. The molecule has 1 aromatic carbocycles. The molecule has 3 amide bonds. The molecule has 156 valence electrons. The second-order valence-electron chi connectivity index (χ2n) is 7.41. The Labute approximate surface area is 181 Å². The third-order valence-electron chi connectivity index (χ3n) is 4.91. The first-order valence-corrected chi connectivity index (χ1v) is 11.0. The van der Waals surface area contributed by atoms with Crippen LogP contribution in [0.5, 0.6) is 0 Å². The first-order chi connectivity index (χ1) is 14.2.